The van der Waals surface area contributed by atoms with Gasteiger partial charge in [-0.05, 0) is 17.7 Å². The first kappa shape index (κ1) is 19.7. The number of benzene rings is 1. The van der Waals surface area contributed by atoms with Gasteiger partial charge in [0.05, 0.1) is 23.4 Å². The third kappa shape index (κ3) is 3.65. The summed E-state index contributed by atoms with van der Waals surface area (Å²) >= 11 is 0. The van der Waals surface area contributed by atoms with Gasteiger partial charge >= 0.3 is 12.3 Å². The molecule has 0 spiro atoms. The Morgan fingerprint density at radius 2 is 1.97 bits per heavy atom. The number of anilines is 1. The van der Waals surface area contributed by atoms with Crippen molar-refractivity contribution in [2.75, 3.05) is 18.5 Å². The van der Waals surface area contributed by atoms with Gasteiger partial charge in [-0.25, -0.2) is 14.8 Å². The number of hydrogen-bond acceptors (Lipinski definition) is 6. The number of carbonyl (C=O) groups is 1. The topological polar surface area (TPSA) is 98.1 Å². The van der Waals surface area contributed by atoms with Gasteiger partial charge in [-0.1, -0.05) is 12.1 Å². The minimum atomic E-state index is -4.44. The summed E-state index contributed by atoms with van der Waals surface area (Å²) in [5, 5.41) is 5.83. The molecule has 1 saturated heterocycles. The zero-order valence-electron chi connectivity index (χ0n) is 15.7. The third-order valence-electron chi connectivity index (χ3n) is 4.72. The van der Waals surface area contributed by atoms with Crippen molar-refractivity contribution in [3.8, 4) is 11.1 Å². The monoisotopic (exact) mass is 419 g/mol. The number of nitrogens with one attached hydrogen (secondary N) is 2. The number of nitrogens with zero attached hydrogens (tertiary/aromatic N) is 3. The highest BCUT2D eigenvalue weighted by Gasteiger charge is 2.30. The highest BCUT2D eigenvalue weighted by atomic mass is 19.4. The van der Waals surface area contributed by atoms with E-state index in [2.05, 4.69) is 20.6 Å². The number of amides is 1. The second-order valence-electron chi connectivity index (χ2n) is 6.80. The normalized spacial score (nSPS) is 16.4. The fraction of sp³-hybridized carbons (Fsp3) is 0.263. The van der Waals surface area contributed by atoms with E-state index < -0.39 is 17.8 Å². The van der Waals surface area contributed by atoms with Crippen LogP contribution in [0.2, 0.25) is 0 Å². The minimum Gasteiger partial charge on any atom is -0.447 e. The fourth-order valence-corrected chi connectivity index (χ4v) is 3.15. The van der Waals surface area contributed by atoms with E-state index in [1.165, 1.54) is 36.3 Å². The van der Waals surface area contributed by atoms with Gasteiger partial charge in [-0.3, -0.25) is 4.79 Å². The van der Waals surface area contributed by atoms with Crippen LogP contribution in [0.1, 0.15) is 5.56 Å². The van der Waals surface area contributed by atoms with Crippen molar-refractivity contribution >= 4 is 22.8 Å². The highest BCUT2D eigenvalue weighted by Crippen LogP contribution is 2.33. The predicted octanol–water partition coefficient (Wildman–Crippen LogP) is 2.53. The molecule has 2 N–H and O–H groups in total. The lowest BCUT2D eigenvalue weighted by molar-refractivity contribution is -0.137. The van der Waals surface area contributed by atoms with E-state index in [0.717, 1.165) is 12.1 Å². The molecule has 11 heteroatoms. The van der Waals surface area contributed by atoms with Crippen LogP contribution in [-0.4, -0.2) is 39.8 Å². The van der Waals surface area contributed by atoms with E-state index >= 15 is 0 Å². The van der Waals surface area contributed by atoms with Crippen LogP contribution in [0.3, 0.4) is 0 Å². The average molecular weight is 419 g/mol. The van der Waals surface area contributed by atoms with Crippen LogP contribution in [0.25, 0.3) is 22.0 Å². The quantitative estimate of drug-likeness (QED) is 0.675. The van der Waals surface area contributed by atoms with E-state index in [1.54, 1.807) is 0 Å². The molecule has 30 heavy (non-hydrogen) atoms. The van der Waals surface area contributed by atoms with Gasteiger partial charge in [0.1, 0.15) is 17.8 Å². The molecular formula is C19H16F3N5O3. The molecule has 0 radical (unpaired) electrons. The summed E-state index contributed by atoms with van der Waals surface area (Å²) < 4.78 is 44.7. The van der Waals surface area contributed by atoms with Crippen LogP contribution in [0.5, 0.6) is 0 Å². The Morgan fingerprint density at radius 1 is 1.23 bits per heavy atom. The van der Waals surface area contributed by atoms with Gasteiger partial charge in [0, 0.05) is 25.4 Å². The average Bonchev–Trinajstić information content (AvgIpc) is 3.13. The number of alkyl halides is 3. The van der Waals surface area contributed by atoms with E-state index in [4.69, 9.17) is 4.74 Å². The van der Waals surface area contributed by atoms with Crippen molar-refractivity contribution in [3.63, 3.8) is 0 Å². The summed E-state index contributed by atoms with van der Waals surface area (Å²) in [6.07, 6.45) is -2.17. The van der Waals surface area contributed by atoms with Gasteiger partial charge in [0.2, 0.25) is 0 Å². The van der Waals surface area contributed by atoms with Crippen molar-refractivity contribution < 1.29 is 22.7 Å². The smallest absolute Gasteiger partial charge is 0.416 e. The number of hydrogen-bond donors (Lipinski definition) is 2. The lowest BCUT2D eigenvalue weighted by Gasteiger charge is -2.14. The molecule has 1 amide bonds. The Balaban J connectivity index is 1.75. The summed E-state index contributed by atoms with van der Waals surface area (Å²) in [5.41, 5.74) is 0.0489. The first-order valence-corrected chi connectivity index (χ1v) is 8.93. The zero-order valence-corrected chi connectivity index (χ0v) is 15.7. The Hall–Kier alpha value is -3.63. The van der Waals surface area contributed by atoms with Crippen LogP contribution >= 0.6 is 0 Å². The number of halogens is 3. The maximum atomic E-state index is 12.9. The molecule has 3 aromatic rings. The van der Waals surface area contributed by atoms with E-state index in [9.17, 15) is 22.8 Å². The van der Waals surface area contributed by atoms with Crippen LogP contribution < -0.4 is 16.2 Å². The number of alkyl carbamates (subject to hydrolysis) is 1. The first-order valence-electron chi connectivity index (χ1n) is 8.93. The Morgan fingerprint density at radius 3 is 2.60 bits per heavy atom. The Kier molecular flexibility index (Phi) is 4.80. The summed E-state index contributed by atoms with van der Waals surface area (Å²) in [4.78, 5) is 32.5. The Labute approximate surface area is 167 Å². The summed E-state index contributed by atoms with van der Waals surface area (Å²) in [6.45, 7) is 0.454. The molecule has 0 aliphatic carbocycles. The fourth-order valence-electron chi connectivity index (χ4n) is 3.15. The van der Waals surface area contributed by atoms with E-state index in [0.29, 0.717) is 16.6 Å². The number of ether oxygens (including phenoxy) is 1. The van der Waals surface area contributed by atoms with Gasteiger partial charge in [-0.2, -0.15) is 13.2 Å². The number of aromatic nitrogens is 3. The molecular weight excluding hydrogens is 403 g/mol. The van der Waals surface area contributed by atoms with Crippen LogP contribution in [0.15, 0.2) is 41.6 Å². The van der Waals surface area contributed by atoms with Gasteiger partial charge < -0.3 is 19.9 Å². The van der Waals surface area contributed by atoms with Crippen molar-refractivity contribution in [3.05, 3.63) is 52.7 Å². The molecule has 0 saturated carbocycles. The van der Waals surface area contributed by atoms with Gasteiger partial charge in [0.15, 0.2) is 0 Å². The van der Waals surface area contributed by atoms with Gasteiger partial charge in [0.25, 0.3) is 5.56 Å². The minimum absolute atomic E-state index is 0.184. The maximum Gasteiger partial charge on any atom is 0.416 e. The second-order valence-corrected chi connectivity index (χ2v) is 6.80. The molecule has 0 bridgehead atoms. The molecule has 4 rings (SSSR count). The van der Waals surface area contributed by atoms with Crippen LogP contribution in [-0.2, 0) is 18.0 Å². The number of fused-ring (bicyclic) bond motifs is 1. The number of rotatable bonds is 4. The molecule has 1 aliphatic heterocycles. The highest BCUT2D eigenvalue weighted by molar-refractivity contribution is 5.98. The standard InChI is InChI=1S/C19H16F3N5O3/c1-27-9-25-15-13(10-2-4-11(5-3-10)19(20,21)22)7-24-16(14(15)17(27)28)23-6-12-8-30-18(29)26-12/h2-5,7,9,12H,6,8H2,1H3,(H,23,24)(H,26,29)/t12-/m0/s1. The van der Waals surface area contributed by atoms with Crippen molar-refractivity contribution in [1.29, 1.82) is 0 Å². The maximum absolute atomic E-state index is 12.9. The summed E-state index contributed by atoms with van der Waals surface area (Å²) in [5.74, 6) is 0.260. The van der Waals surface area contributed by atoms with E-state index in [-0.39, 0.29) is 36.0 Å². The molecule has 3 heterocycles. The van der Waals surface area contributed by atoms with Crippen molar-refractivity contribution in [2.24, 2.45) is 7.05 Å². The lowest BCUT2D eigenvalue weighted by Crippen LogP contribution is -2.33. The third-order valence-corrected chi connectivity index (χ3v) is 4.72. The molecule has 156 valence electrons. The molecule has 1 atom stereocenters. The number of carbonyl (C=O) groups excluding carboxylic acids is 1. The molecule has 0 unspecified atom stereocenters. The molecule has 1 aromatic carbocycles. The molecule has 8 nitrogen and oxygen atoms in total. The summed E-state index contributed by atoms with van der Waals surface area (Å²) in [6, 6.07) is 4.28. The second kappa shape index (κ2) is 7.32. The van der Waals surface area contributed by atoms with Crippen molar-refractivity contribution in [2.45, 2.75) is 12.2 Å². The Bertz CT molecular complexity index is 1170. The SMILES string of the molecule is Cn1cnc2c(-c3ccc(C(F)(F)F)cc3)cnc(NC[C@H]3COC(=O)N3)c2c1=O. The van der Waals surface area contributed by atoms with Crippen LogP contribution in [0.4, 0.5) is 23.8 Å². The van der Waals surface area contributed by atoms with E-state index in [1.807, 2.05) is 0 Å². The molecule has 2 aromatic heterocycles. The first-order chi connectivity index (χ1) is 14.2. The number of pyridine rings is 1. The largest absolute Gasteiger partial charge is 0.447 e. The zero-order chi connectivity index (χ0) is 21.5. The lowest BCUT2D eigenvalue weighted by atomic mass is 10.0. The summed E-state index contributed by atoms with van der Waals surface area (Å²) in [7, 11) is 1.54. The van der Waals surface area contributed by atoms with Gasteiger partial charge in [-0.15, -0.1) is 0 Å². The molecule has 1 aliphatic rings. The number of cyclic esters (lactones) is 1. The predicted molar refractivity (Wildman–Crippen MR) is 102 cm³/mol. The van der Waals surface area contributed by atoms with Crippen LogP contribution in [0, 0.1) is 0 Å². The molecule has 1 fully saturated rings. The number of aryl methyl sites for hydroxylation is 1. The van der Waals surface area contributed by atoms with Crippen molar-refractivity contribution in [1.82, 2.24) is 19.9 Å².